The molecule has 1 aromatic rings. The van der Waals surface area contributed by atoms with E-state index in [9.17, 15) is 0 Å². The summed E-state index contributed by atoms with van der Waals surface area (Å²) in [6, 6.07) is 10.2. The van der Waals surface area contributed by atoms with Crippen LogP contribution >= 0.6 is 11.8 Å². The number of hydrogen-bond donors (Lipinski definition) is 1. The van der Waals surface area contributed by atoms with Gasteiger partial charge < -0.3 is 5.11 Å². The summed E-state index contributed by atoms with van der Waals surface area (Å²) < 4.78 is 0. The first-order valence-corrected chi connectivity index (χ1v) is 6.65. The quantitative estimate of drug-likeness (QED) is 0.738. The van der Waals surface area contributed by atoms with Crippen molar-refractivity contribution in [1.29, 1.82) is 5.26 Å². The van der Waals surface area contributed by atoms with Crippen molar-refractivity contribution in [1.82, 2.24) is 0 Å². The van der Waals surface area contributed by atoms with Crippen molar-refractivity contribution in [2.24, 2.45) is 0 Å². The van der Waals surface area contributed by atoms with Crippen LogP contribution in [0.15, 0.2) is 24.3 Å². The van der Waals surface area contributed by atoms with Crippen LogP contribution in [-0.2, 0) is 12.4 Å². The Morgan fingerprint density at radius 3 is 2.44 bits per heavy atom. The highest BCUT2D eigenvalue weighted by Gasteiger charge is 1.95. The lowest BCUT2D eigenvalue weighted by Crippen LogP contribution is -1.86. The molecule has 1 aromatic carbocycles. The molecule has 0 heterocycles. The van der Waals surface area contributed by atoms with Crippen LogP contribution in [0.2, 0.25) is 0 Å². The van der Waals surface area contributed by atoms with Crippen molar-refractivity contribution in [3.05, 3.63) is 35.4 Å². The molecule has 2 nitrogen and oxygen atoms in total. The normalized spacial score (nSPS) is 10.0. The Balaban J connectivity index is 2.15. The molecule has 0 aliphatic heterocycles. The van der Waals surface area contributed by atoms with Gasteiger partial charge in [0.1, 0.15) is 0 Å². The molecular formula is C13H17NOS. The topological polar surface area (TPSA) is 44.0 Å². The van der Waals surface area contributed by atoms with Gasteiger partial charge in [-0.25, -0.2) is 0 Å². The standard InChI is InChI=1S/C13H17NOS/c14-8-2-1-3-9-16-11-13-6-4-12(10-15)5-7-13/h4-7,15H,1-3,9-11H2. The average Bonchev–Trinajstić information content (AvgIpc) is 2.34. The molecule has 0 saturated heterocycles. The number of nitriles is 1. The second-order valence-electron chi connectivity index (χ2n) is 3.64. The first-order valence-electron chi connectivity index (χ1n) is 5.50. The van der Waals surface area contributed by atoms with E-state index in [-0.39, 0.29) is 6.61 Å². The minimum absolute atomic E-state index is 0.113. The van der Waals surface area contributed by atoms with E-state index in [1.807, 2.05) is 23.9 Å². The number of hydrogen-bond acceptors (Lipinski definition) is 3. The highest BCUT2D eigenvalue weighted by Crippen LogP contribution is 2.15. The van der Waals surface area contributed by atoms with Gasteiger partial charge in [-0.15, -0.1) is 0 Å². The minimum atomic E-state index is 0.113. The molecule has 0 atom stereocenters. The van der Waals surface area contributed by atoms with Crippen molar-refractivity contribution in [2.45, 2.75) is 31.6 Å². The van der Waals surface area contributed by atoms with Crippen LogP contribution in [0.5, 0.6) is 0 Å². The Labute approximate surface area is 101 Å². The molecule has 0 unspecified atom stereocenters. The summed E-state index contributed by atoms with van der Waals surface area (Å²) in [7, 11) is 0. The molecule has 0 bridgehead atoms. The third kappa shape index (κ3) is 5.20. The second kappa shape index (κ2) is 8.20. The van der Waals surface area contributed by atoms with Gasteiger partial charge in [0.05, 0.1) is 12.7 Å². The summed E-state index contributed by atoms with van der Waals surface area (Å²) in [6.45, 7) is 0.113. The molecule has 0 spiro atoms. The molecule has 0 aliphatic carbocycles. The maximum Gasteiger partial charge on any atom is 0.0681 e. The summed E-state index contributed by atoms with van der Waals surface area (Å²) in [5.74, 6) is 2.13. The SMILES string of the molecule is N#CCCCCSCc1ccc(CO)cc1. The van der Waals surface area contributed by atoms with Gasteiger partial charge in [-0.3, -0.25) is 0 Å². The minimum Gasteiger partial charge on any atom is -0.392 e. The van der Waals surface area contributed by atoms with E-state index in [4.69, 9.17) is 10.4 Å². The van der Waals surface area contributed by atoms with Gasteiger partial charge in [-0.05, 0) is 29.7 Å². The summed E-state index contributed by atoms with van der Waals surface area (Å²) in [5.41, 5.74) is 2.25. The van der Waals surface area contributed by atoms with E-state index in [0.717, 1.165) is 29.9 Å². The molecule has 0 aliphatic rings. The number of nitrogens with zero attached hydrogens (tertiary/aromatic N) is 1. The van der Waals surface area contributed by atoms with Crippen molar-refractivity contribution < 1.29 is 5.11 Å². The number of unbranched alkanes of at least 4 members (excludes halogenated alkanes) is 2. The molecule has 0 amide bonds. The van der Waals surface area contributed by atoms with Gasteiger partial charge in [-0.2, -0.15) is 17.0 Å². The number of rotatable bonds is 7. The summed E-state index contributed by atoms with van der Waals surface area (Å²) in [6.07, 6.45) is 2.80. The third-order valence-electron chi connectivity index (χ3n) is 2.30. The van der Waals surface area contributed by atoms with Crippen LogP contribution in [0, 0.1) is 11.3 Å². The maximum atomic E-state index is 8.89. The van der Waals surface area contributed by atoms with Crippen LogP contribution < -0.4 is 0 Å². The van der Waals surface area contributed by atoms with Crippen LogP contribution in [0.3, 0.4) is 0 Å². The first kappa shape index (κ1) is 13.1. The lowest BCUT2D eigenvalue weighted by Gasteiger charge is -2.02. The molecule has 1 N–H and O–H groups in total. The van der Waals surface area contributed by atoms with E-state index in [1.54, 1.807) is 0 Å². The fourth-order valence-corrected chi connectivity index (χ4v) is 2.32. The lowest BCUT2D eigenvalue weighted by atomic mass is 10.2. The fraction of sp³-hybridized carbons (Fsp3) is 0.462. The zero-order valence-electron chi connectivity index (χ0n) is 9.35. The van der Waals surface area contributed by atoms with Gasteiger partial charge in [0, 0.05) is 12.2 Å². The lowest BCUT2D eigenvalue weighted by molar-refractivity contribution is 0.282. The molecule has 86 valence electrons. The van der Waals surface area contributed by atoms with Crippen molar-refractivity contribution >= 4 is 11.8 Å². The number of aliphatic hydroxyl groups excluding tert-OH is 1. The second-order valence-corrected chi connectivity index (χ2v) is 4.75. The molecular weight excluding hydrogens is 218 g/mol. The number of aliphatic hydroxyl groups is 1. The molecule has 1 rings (SSSR count). The highest BCUT2D eigenvalue weighted by atomic mass is 32.2. The predicted octanol–water partition coefficient (Wildman–Crippen LogP) is 3.11. The van der Waals surface area contributed by atoms with Gasteiger partial charge in [0.15, 0.2) is 0 Å². The summed E-state index contributed by atoms with van der Waals surface area (Å²) in [4.78, 5) is 0. The van der Waals surface area contributed by atoms with E-state index in [1.165, 1.54) is 5.56 Å². The van der Waals surface area contributed by atoms with Crippen molar-refractivity contribution in [2.75, 3.05) is 5.75 Å². The summed E-state index contributed by atoms with van der Waals surface area (Å²) >= 11 is 1.90. The molecule has 0 aromatic heterocycles. The first-order chi connectivity index (χ1) is 7.86. The molecule has 3 heteroatoms. The zero-order valence-corrected chi connectivity index (χ0v) is 10.2. The molecule has 0 radical (unpaired) electrons. The number of thioether (sulfide) groups is 1. The summed E-state index contributed by atoms with van der Waals surface area (Å²) in [5, 5.41) is 17.3. The Morgan fingerprint density at radius 2 is 1.81 bits per heavy atom. The Morgan fingerprint density at radius 1 is 1.12 bits per heavy atom. The van der Waals surface area contributed by atoms with Crippen molar-refractivity contribution in [3.63, 3.8) is 0 Å². The van der Waals surface area contributed by atoms with Crippen LogP contribution in [0.25, 0.3) is 0 Å². The highest BCUT2D eigenvalue weighted by molar-refractivity contribution is 7.98. The van der Waals surface area contributed by atoms with E-state index < -0.39 is 0 Å². The molecule has 0 saturated carbocycles. The predicted molar refractivity (Wildman–Crippen MR) is 68.0 cm³/mol. The Kier molecular flexibility index (Phi) is 6.71. The fourth-order valence-electron chi connectivity index (χ4n) is 1.34. The van der Waals surface area contributed by atoms with Crippen LogP contribution in [0.1, 0.15) is 30.4 Å². The van der Waals surface area contributed by atoms with Gasteiger partial charge >= 0.3 is 0 Å². The largest absolute Gasteiger partial charge is 0.392 e. The van der Waals surface area contributed by atoms with Crippen LogP contribution in [0.4, 0.5) is 0 Å². The van der Waals surface area contributed by atoms with Gasteiger partial charge in [0.25, 0.3) is 0 Å². The molecule has 16 heavy (non-hydrogen) atoms. The Bertz CT molecular complexity index is 329. The Hall–Kier alpha value is -0.980. The number of benzene rings is 1. The third-order valence-corrected chi connectivity index (χ3v) is 3.42. The monoisotopic (exact) mass is 235 g/mol. The average molecular weight is 235 g/mol. The maximum absolute atomic E-state index is 8.89. The van der Waals surface area contributed by atoms with E-state index in [0.29, 0.717) is 6.42 Å². The molecule has 0 fully saturated rings. The zero-order chi connectivity index (χ0) is 11.6. The smallest absolute Gasteiger partial charge is 0.0681 e. The van der Waals surface area contributed by atoms with Gasteiger partial charge in [0.2, 0.25) is 0 Å². The van der Waals surface area contributed by atoms with E-state index in [2.05, 4.69) is 18.2 Å². The van der Waals surface area contributed by atoms with Gasteiger partial charge in [-0.1, -0.05) is 24.3 Å². The van der Waals surface area contributed by atoms with Crippen molar-refractivity contribution in [3.8, 4) is 6.07 Å². The van der Waals surface area contributed by atoms with E-state index >= 15 is 0 Å². The van der Waals surface area contributed by atoms with Crippen LogP contribution in [-0.4, -0.2) is 10.9 Å².